The van der Waals surface area contributed by atoms with Crippen LogP contribution in [0, 0.1) is 10.8 Å². The number of allylic oxidation sites excluding steroid dienone is 1. The van der Waals surface area contributed by atoms with E-state index in [4.69, 9.17) is 19.9 Å². The number of nitrogens with zero attached hydrogens (tertiary/aromatic N) is 2. The minimum Gasteiger partial charge on any atom is -0.444 e. The van der Waals surface area contributed by atoms with E-state index < -0.39 is 11.7 Å². The summed E-state index contributed by atoms with van der Waals surface area (Å²) in [6, 6.07) is 8.21. The molecule has 2 aromatic rings. The Morgan fingerprint density at radius 3 is 2.73 bits per heavy atom. The summed E-state index contributed by atoms with van der Waals surface area (Å²) < 4.78 is 12.1. The van der Waals surface area contributed by atoms with E-state index in [1.54, 1.807) is 0 Å². The SMILES string of the molecule is C=C(CCC1(CCC)Cc2ccccc2[C@H]1NC(=O)OC(C)(C)C)c1nc(NC2CCCCO2)c(C=N)nc1Br. The molecule has 1 fully saturated rings. The van der Waals surface area contributed by atoms with E-state index in [0.717, 1.165) is 56.1 Å². The lowest BCUT2D eigenvalue weighted by atomic mass is 9.72. The first kappa shape index (κ1) is 30.2. The number of anilines is 1. The third-order valence-electron chi connectivity index (χ3n) is 7.68. The number of nitrogens with one attached hydrogen (secondary N) is 3. The molecule has 1 aromatic carbocycles. The molecule has 9 heteroatoms. The van der Waals surface area contributed by atoms with Gasteiger partial charge in [-0.15, -0.1) is 0 Å². The van der Waals surface area contributed by atoms with Gasteiger partial charge in [-0.05, 0) is 104 Å². The molecule has 3 N–H and O–H groups in total. The number of halogens is 1. The Morgan fingerprint density at radius 2 is 2.05 bits per heavy atom. The fourth-order valence-electron chi connectivity index (χ4n) is 5.92. The van der Waals surface area contributed by atoms with E-state index in [1.165, 1.54) is 11.8 Å². The van der Waals surface area contributed by atoms with Crippen LogP contribution in [0.3, 0.4) is 0 Å². The molecule has 1 aliphatic heterocycles. The summed E-state index contributed by atoms with van der Waals surface area (Å²) in [4.78, 5) is 22.4. The normalized spacial score (nSPS) is 22.3. The number of fused-ring (bicyclic) bond motifs is 1. The van der Waals surface area contributed by atoms with Gasteiger partial charge in [-0.1, -0.05) is 44.2 Å². The zero-order chi connectivity index (χ0) is 28.9. The molecule has 40 heavy (non-hydrogen) atoms. The number of rotatable bonds is 10. The lowest BCUT2D eigenvalue weighted by Gasteiger charge is -2.37. The summed E-state index contributed by atoms with van der Waals surface area (Å²) in [5.41, 5.74) is 3.62. The van der Waals surface area contributed by atoms with Crippen molar-refractivity contribution in [2.24, 2.45) is 5.41 Å². The summed E-state index contributed by atoms with van der Waals surface area (Å²) in [6.07, 6.45) is 7.97. The van der Waals surface area contributed by atoms with Gasteiger partial charge < -0.3 is 25.5 Å². The van der Waals surface area contributed by atoms with Gasteiger partial charge in [-0.2, -0.15) is 0 Å². The first-order valence-corrected chi connectivity index (χ1v) is 15.1. The van der Waals surface area contributed by atoms with Crippen molar-refractivity contribution in [3.05, 3.63) is 58.0 Å². The fraction of sp³-hybridized carbons (Fsp3) is 0.548. The number of alkyl carbamates (subject to hydrolysis) is 1. The Hall–Kier alpha value is -2.78. The number of carbonyl (C=O) groups excluding carboxylic acids is 1. The highest BCUT2D eigenvalue weighted by Gasteiger charge is 2.46. The summed E-state index contributed by atoms with van der Waals surface area (Å²) >= 11 is 3.57. The summed E-state index contributed by atoms with van der Waals surface area (Å²) in [7, 11) is 0. The number of benzene rings is 1. The van der Waals surface area contributed by atoms with E-state index in [0.29, 0.717) is 34.8 Å². The van der Waals surface area contributed by atoms with Crippen LogP contribution in [0.5, 0.6) is 0 Å². The van der Waals surface area contributed by atoms with Crippen LogP contribution in [0.15, 0.2) is 35.4 Å². The van der Waals surface area contributed by atoms with Crippen molar-refractivity contribution < 1.29 is 14.3 Å². The van der Waals surface area contributed by atoms with Gasteiger partial charge in [0.15, 0.2) is 5.82 Å². The van der Waals surface area contributed by atoms with Crippen LogP contribution in [0.25, 0.3) is 5.57 Å². The smallest absolute Gasteiger partial charge is 0.408 e. The first-order chi connectivity index (χ1) is 19.0. The van der Waals surface area contributed by atoms with Gasteiger partial charge in [0.25, 0.3) is 0 Å². The molecular weight excluding hydrogens is 570 g/mol. The minimum atomic E-state index is -0.577. The van der Waals surface area contributed by atoms with Crippen LogP contribution in [0.2, 0.25) is 0 Å². The van der Waals surface area contributed by atoms with Crippen molar-refractivity contribution in [2.75, 3.05) is 11.9 Å². The van der Waals surface area contributed by atoms with Gasteiger partial charge in [0.05, 0.1) is 6.04 Å². The van der Waals surface area contributed by atoms with Gasteiger partial charge >= 0.3 is 6.09 Å². The molecule has 0 radical (unpaired) electrons. The summed E-state index contributed by atoms with van der Waals surface area (Å²) in [5, 5.41) is 14.4. The second-order valence-corrected chi connectivity index (χ2v) is 12.7. The molecule has 3 atom stereocenters. The molecule has 1 saturated heterocycles. The van der Waals surface area contributed by atoms with Crippen molar-refractivity contribution >= 4 is 39.6 Å². The minimum absolute atomic E-state index is 0.145. The average Bonchev–Trinajstić information content (AvgIpc) is 3.20. The van der Waals surface area contributed by atoms with Gasteiger partial charge in [0, 0.05) is 12.8 Å². The van der Waals surface area contributed by atoms with Crippen LogP contribution in [-0.4, -0.2) is 40.7 Å². The van der Waals surface area contributed by atoms with Gasteiger partial charge in [-0.3, -0.25) is 0 Å². The Kier molecular flexibility index (Phi) is 9.67. The average molecular weight is 613 g/mol. The lowest BCUT2D eigenvalue weighted by Crippen LogP contribution is -2.41. The van der Waals surface area contributed by atoms with Crippen molar-refractivity contribution in [3.63, 3.8) is 0 Å². The number of hydrogen-bond donors (Lipinski definition) is 3. The predicted molar refractivity (Wildman–Crippen MR) is 163 cm³/mol. The molecule has 0 saturated carbocycles. The zero-order valence-corrected chi connectivity index (χ0v) is 25.7. The highest BCUT2D eigenvalue weighted by Crippen LogP contribution is 2.52. The Morgan fingerprint density at radius 1 is 1.27 bits per heavy atom. The zero-order valence-electron chi connectivity index (χ0n) is 24.1. The molecule has 1 amide bonds. The van der Waals surface area contributed by atoms with Crippen LogP contribution >= 0.6 is 15.9 Å². The largest absolute Gasteiger partial charge is 0.444 e. The standard InChI is InChI=1S/C31H42BrN5O3/c1-6-15-31(18-21-11-7-8-12-22(21)26(31)37-29(38)40-30(3,4)5)16-14-20(2)25-27(32)34-23(19-33)28(36-25)35-24-13-9-10-17-39-24/h7-8,11-12,19,24,26,33H,2,6,9-10,13-18H2,1,3-5H3,(H,35,36)(H,37,38)/t24?,26-,31?/m1/s1. The summed E-state index contributed by atoms with van der Waals surface area (Å²) in [5.74, 6) is 0.530. The number of amides is 1. The van der Waals surface area contributed by atoms with Gasteiger partial charge in [0.2, 0.25) is 0 Å². The van der Waals surface area contributed by atoms with E-state index >= 15 is 0 Å². The maximum atomic E-state index is 13.0. The van der Waals surface area contributed by atoms with Gasteiger partial charge in [-0.25, -0.2) is 14.8 Å². The van der Waals surface area contributed by atoms with E-state index in [9.17, 15) is 4.79 Å². The molecule has 1 aromatic heterocycles. The molecule has 0 spiro atoms. The van der Waals surface area contributed by atoms with Gasteiger partial charge in [0.1, 0.15) is 27.8 Å². The highest BCUT2D eigenvalue weighted by molar-refractivity contribution is 9.10. The maximum Gasteiger partial charge on any atom is 0.408 e. The molecule has 2 unspecified atom stereocenters. The lowest BCUT2D eigenvalue weighted by molar-refractivity contribution is 0.0340. The first-order valence-electron chi connectivity index (χ1n) is 14.3. The quantitative estimate of drug-likeness (QED) is 0.239. The van der Waals surface area contributed by atoms with E-state index in [1.807, 2.05) is 26.8 Å². The number of hydrogen-bond acceptors (Lipinski definition) is 7. The molecule has 8 nitrogen and oxygen atoms in total. The molecule has 4 rings (SSSR count). The summed E-state index contributed by atoms with van der Waals surface area (Å²) in [6.45, 7) is 12.9. The second kappa shape index (κ2) is 12.8. The second-order valence-electron chi connectivity index (χ2n) is 11.9. The van der Waals surface area contributed by atoms with Crippen molar-refractivity contribution in [1.29, 1.82) is 5.41 Å². The van der Waals surface area contributed by atoms with E-state index in [2.05, 4.69) is 63.2 Å². The highest BCUT2D eigenvalue weighted by atomic mass is 79.9. The van der Waals surface area contributed by atoms with Crippen LogP contribution in [0.1, 0.15) is 101 Å². The molecule has 1 aliphatic carbocycles. The van der Waals surface area contributed by atoms with E-state index in [-0.39, 0.29) is 17.7 Å². The predicted octanol–water partition coefficient (Wildman–Crippen LogP) is 7.58. The van der Waals surface area contributed by atoms with Crippen LogP contribution in [0.4, 0.5) is 10.6 Å². The van der Waals surface area contributed by atoms with Crippen molar-refractivity contribution in [2.45, 2.75) is 96.9 Å². The topological polar surface area (TPSA) is 109 Å². The third kappa shape index (κ3) is 7.10. The maximum absolute atomic E-state index is 13.0. The molecule has 2 heterocycles. The molecule has 2 aliphatic rings. The van der Waals surface area contributed by atoms with Crippen LogP contribution < -0.4 is 10.6 Å². The Labute approximate surface area is 246 Å². The molecule has 216 valence electrons. The monoisotopic (exact) mass is 611 g/mol. The number of ether oxygens (including phenoxy) is 2. The van der Waals surface area contributed by atoms with Crippen molar-refractivity contribution in [3.8, 4) is 0 Å². The fourth-order valence-corrected chi connectivity index (χ4v) is 6.48. The molecule has 0 bridgehead atoms. The van der Waals surface area contributed by atoms with Crippen molar-refractivity contribution in [1.82, 2.24) is 15.3 Å². The number of aromatic nitrogens is 2. The third-order valence-corrected chi connectivity index (χ3v) is 8.24. The number of carbonyl (C=O) groups is 1. The Balaban J connectivity index is 1.58. The Bertz CT molecular complexity index is 1240. The van der Waals surface area contributed by atoms with Crippen LogP contribution in [-0.2, 0) is 15.9 Å². The molecular formula is C31H42BrN5O3.